The molecule has 2 nitrogen and oxygen atoms in total. The monoisotopic (exact) mass is 243 g/mol. The van der Waals surface area contributed by atoms with Crippen LogP contribution < -0.4 is 0 Å². The maximum Gasteiger partial charge on any atom is 0.133 e. The van der Waals surface area contributed by atoms with Crippen molar-refractivity contribution >= 4 is 5.78 Å². The van der Waals surface area contributed by atoms with Gasteiger partial charge in [0, 0.05) is 24.8 Å². The molecule has 1 saturated carbocycles. The maximum atomic E-state index is 12.0. The molecule has 1 aliphatic heterocycles. The van der Waals surface area contributed by atoms with Gasteiger partial charge in [-0.15, -0.1) is 0 Å². The summed E-state index contributed by atoms with van der Waals surface area (Å²) < 4.78 is 0. The van der Waals surface area contributed by atoms with Crippen molar-refractivity contribution in [2.45, 2.75) is 31.1 Å². The van der Waals surface area contributed by atoms with Gasteiger partial charge in [0.05, 0.1) is 0 Å². The van der Waals surface area contributed by atoms with Crippen LogP contribution in [-0.4, -0.2) is 30.8 Å². The number of likely N-dealkylation sites (tertiary alicyclic amines) is 1. The number of rotatable bonds is 1. The Hall–Kier alpha value is -1.15. The summed E-state index contributed by atoms with van der Waals surface area (Å²) in [5.41, 5.74) is 1.51. The van der Waals surface area contributed by atoms with Gasteiger partial charge >= 0.3 is 0 Å². The molecule has 0 N–H and O–H groups in total. The summed E-state index contributed by atoms with van der Waals surface area (Å²) in [6, 6.07) is 10.7. The average molecular weight is 243 g/mol. The number of carbonyl (C=O) groups excluding carboxylic acids is 1. The van der Waals surface area contributed by atoms with Crippen molar-refractivity contribution in [2.24, 2.45) is 5.92 Å². The Kier molecular flexibility index (Phi) is 2.98. The fourth-order valence-corrected chi connectivity index (χ4v) is 3.86. The zero-order valence-electron chi connectivity index (χ0n) is 11.1. The standard InChI is InChI=1S/C16H21NO/c1-17-10-9-16(13-5-3-2-4-6-13)11-15(18)8-7-14(16)12-17/h2-6,14H,7-12H2,1H3/t14-,16-/m1/s1. The number of carbonyl (C=O) groups is 1. The second-order valence-corrected chi connectivity index (χ2v) is 5.99. The van der Waals surface area contributed by atoms with Crippen LogP contribution in [0.2, 0.25) is 0 Å². The van der Waals surface area contributed by atoms with E-state index in [1.807, 2.05) is 0 Å². The van der Waals surface area contributed by atoms with Gasteiger partial charge in [-0.1, -0.05) is 30.3 Å². The molecule has 2 heteroatoms. The molecule has 2 aliphatic rings. The van der Waals surface area contributed by atoms with E-state index in [-0.39, 0.29) is 5.41 Å². The molecule has 96 valence electrons. The zero-order valence-corrected chi connectivity index (χ0v) is 11.1. The predicted molar refractivity (Wildman–Crippen MR) is 72.6 cm³/mol. The van der Waals surface area contributed by atoms with Crippen molar-refractivity contribution in [2.75, 3.05) is 20.1 Å². The first-order valence-electron chi connectivity index (χ1n) is 6.96. The van der Waals surface area contributed by atoms with Gasteiger partial charge < -0.3 is 4.90 Å². The minimum absolute atomic E-state index is 0.128. The third-order valence-electron chi connectivity index (χ3n) is 4.89. The van der Waals surface area contributed by atoms with Crippen molar-refractivity contribution in [3.63, 3.8) is 0 Å². The van der Waals surface area contributed by atoms with Crippen molar-refractivity contribution in [3.8, 4) is 0 Å². The molecule has 3 rings (SSSR count). The maximum absolute atomic E-state index is 12.0. The van der Waals surface area contributed by atoms with Crippen molar-refractivity contribution < 1.29 is 4.79 Å². The van der Waals surface area contributed by atoms with Crippen LogP contribution in [0.1, 0.15) is 31.2 Å². The van der Waals surface area contributed by atoms with E-state index in [0.717, 1.165) is 38.8 Å². The molecule has 18 heavy (non-hydrogen) atoms. The number of hydrogen-bond acceptors (Lipinski definition) is 2. The lowest BCUT2D eigenvalue weighted by atomic mass is 9.59. The van der Waals surface area contributed by atoms with Gasteiger partial charge in [-0.25, -0.2) is 0 Å². The molecule has 2 atom stereocenters. The van der Waals surface area contributed by atoms with Crippen LogP contribution in [0.15, 0.2) is 30.3 Å². The van der Waals surface area contributed by atoms with E-state index < -0.39 is 0 Å². The smallest absolute Gasteiger partial charge is 0.133 e. The lowest BCUT2D eigenvalue weighted by molar-refractivity contribution is -0.124. The van der Waals surface area contributed by atoms with Gasteiger partial charge in [0.15, 0.2) is 0 Å². The minimum Gasteiger partial charge on any atom is -0.306 e. The molecule has 0 aromatic heterocycles. The number of hydrogen-bond donors (Lipinski definition) is 0. The van der Waals surface area contributed by atoms with Crippen molar-refractivity contribution in [1.82, 2.24) is 4.90 Å². The third-order valence-corrected chi connectivity index (χ3v) is 4.89. The Morgan fingerprint density at radius 2 is 2.06 bits per heavy atom. The van der Waals surface area contributed by atoms with Gasteiger partial charge in [0.2, 0.25) is 0 Å². The molecule has 0 spiro atoms. The lowest BCUT2D eigenvalue weighted by Crippen LogP contribution is -2.51. The largest absolute Gasteiger partial charge is 0.306 e. The van der Waals surface area contributed by atoms with Crippen molar-refractivity contribution in [1.29, 1.82) is 0 Å². The molecule has 0 radical (unpaired) electrons. The number of piperidine rings is 1. The fourth-order valence-electron chi connectivity index (χ4n) is 3.86. The van der Waals surface area contributed by atoms with Crippen LogP contribution in [0.25, 0.3) is 0 Å². The topological polar surface area (TPSA) is 20.3 Å². The first-order valence-corrected chi connectivity index (χ1v) is 6.96. The van der Waals surface area contributed by atoms with E-state index in [2.05, 4.69) is 42.3 Å². The summed E-state index contributed by atoms with van der Waals surface area (Å²) in [5, 5.41) is 0. The van der Waals surface area contributed by atoms with Crippen molar-refractivity contribution in [3.05, 3.63) is 35.9 Å². The second-order valence-electron chi connectivity index (χ2n) is 5.99. The molecule has 0 bridgehead atoms. The van der Waals surface area contributed by atoms with Crippen LogP contribution in [0.5, 0.6) is 0 Å². The van der Waals surface area contributed by atoms with Gasteiger partial charge in [-0.05, 0) is 37.9 Å². The van der Waals surface area contributed by atoms with E-state index in [0.29, 0.717) is 11.7 Å². The average Bonchev–Trinajstić information content (AvgIpc) is 2.40. The number of ketones is 1. The quantitative estimate of drug-likeness (QED) is 0.755. The van der Waals surface area contributed by atoms with E-state index in [4.69, 9.17) is 0 Å². The number of benzene rings is 1. The molecule has 0 amide bonds. The Labute approximate surface area is 109 Å². The van der Waals surface area contributed by atoms with E-state index >= 15 is 0 Å². The molecule has 1 aliphatic carbocycles. The number of Topliss-reactive ketones (excluding diaryl/α,β-unsaturated/α-hetero) is 1. The summed E-state index contributed by atoms with van der Waals surface area (Å²) in [7, 11) is 2.20. The molecule has 1 aromatic rings. The number of fused-ring (bicyclic) bond motifs is 1. The zero-order chi connectivity index (χ0) is 12.6. The summed E-state index contributed by atoms with van der Waals surface area (Å²) in [6.45, 7) is 2.25. The Morgan fingerprint density at radius 3 is 2.83 bits per heavy atom. The SMILES string of the molecule is CN1CC[C@]2(c3ccccc3)CC(=O)CC[C@@H]2C1. The summed E-state index contributed by atoms with van der Waals surface area (Å²) in [4.78, 5) is 14.4. The van der Waals surface area contributed by atoms with Gasteiger partial charge in [-0.2, -0.15) is 0 Å². The first kappa shape index (κ1) is 11.9. The van der Waals surface area contributed by atoms with E-state index in [1.165, 1.54) is 5.56 Å². The van der Waals surface area contributed by atoms with E-state index in [1.54, 1.807) is 0 Å². The highest BCUT2D eigenvalue weighted by molar-refractivity contribution is 5.81. The lowest BCUT2D eigenvalue weighted by Gasteiger charge is -2.50. The highest BCUT2D eigenvalue weighted by Gasteiger charge is 2.47. The summed E-state index contributed by atoms with van der Waals surface area (Å²) >= 11 is 0. The van der Waals surface area contributed by atoms with Crippen LogP contribution in [0.3, 0.4) is 0 Å². The minimum atomic E-state index is 0.128. The Morgan fingerprint density at radius 1 is 1.28 bits per heavy atom. The normalized spacial score (nSPS) is 33.2. The Balaban J connectivity index is 2.00. The molecular weight excluding hydrogens is 222 g/mol. The first-order chi connectivity index (χ1) is 8.71. The molecule has 2 fully saturated rings. The van der Waals surface area contributed by atoms with Gasteiger partial charge in [0.25, 0.3) is 0 Å². The Bertz CT molecular complexity index is 442. The molecular formula is C16H21NO. The molecule has 1 aromatic carbocycles. The van der Waals surface area contributed by atoms with Crippen LogP contribution in [0.4, 0.5) is 0 Å². The summed E-state index contributed by atoms with van der Waals surface area (Å²) in [6.07, 6.45) is 3.74. The molecule has 0 unspecified atom stereocenters. The highest BCUT2D eigenvalue weighted by atomic mass is 16.1. The predicted octanol–water partition coefficient (Wildman–Crippen LogP) is 2.63. The highest BCUT2D eigenvalue weighted by Crippen LogP contribution is 2.47. The van der Waals surface area contributed by atoms with E-state index in [9.17, 15) is 4.79 Å². The third kappa shape index (κ3) is 1.89. The second kappa shape index (κ2) is 4.51. The number of nitrogens with zero attached hydrogens (tertiary/aromatic N) is 1. The fraction of sp³-hybridized carbons (Fsp3) is 0.562. The molecule has 1 saturated heterocycles. The van der Waals surface area contributed by atoms with Crippen LogP contribution >= 0.6 is 0 Å². The van der Waals surface area contributed by atoms with Crippen LogP contribution in [0, 0.1) is 5.92 Å². The van der Waals surface area contributed by atoms with Crippen LogP contribution in [-0.2, 0) is 10.2 Å². The summed E-state index contributed by atoms with van der Waals surface area (Å²) in [5.74, 6) is 1.11. The molecule has 1 heterocycles. The van der Waals surface area contributed by atoms with Gasteiger partial charge in [0.1, 0.15) is 5.78 Å². The van der Waals surface area contributed by atoms with Gasteiger partial charge in [-0.3, -0.25) is 4.79 Å².